The molecule has 0 aromatic heterocycles. The van der Waals surface area contributed by atoms with Gasteiger partial charge in [0.1, 0.15) is 11.3 Å². The zero-order valence-corrected chi connectivity index (χ0v) is 17.2. The van der Waals surface area contributed by atoms with Gasteiger partial charge in [-0.15, -0.1) is 0 Å². The maximum absolute atomic E-state index is 12.9. The van der Waals surface area contributed by atoms with E-state index in [1.54, 1.807) is 37.4 Å². The third kappa shape index (κ3) is 3.73. The Morgan fingerprint density at radius 2 is 1.78 bits per heavy atom. The van der Waals surface area contributed by atoms with Crippen LogP contribution >= 0.6 is 22.6 Å². The van der Waals surface area contributed by atoms with Crippen molar-refractivity contribution in [1.82, 2.24) is 5.32 Å². The molecule has 1 fully saturated rings. The summed E-state index contributed by atoms with van der Waals surface area (Å²) in [5, 5.41) is 2.23. The molecule has 2 aromatic carbocycles. The number of nitrogens with zero attached hydrogens (tertiary/aromatic N) is 1. The van der Waals surface area contributed by atoms with Crippen molar-refractivity contribution < 1.29 is 19.1 Å². The number of imide groups is 2. The third-order valence-corrected chi connectivity index (χ3v) is 5.18. The summed E-state index contributed by atoms with van der Waals surface area (Å²) in [6.45, 7) is 3.84. The number of nitrogens with one attached hydrogen (secondary N) is 1. The average molecular weight is 476 g/mol. The highest BCUT2D eigenvalue weighted by molar-refractivity contribution is 14.1. The van der Waals surface area contributed by atoms with E-state index in [0.717, 1.165) is 19.6 Å². The molecule has 1 N–H and O–H groups in total. The van der Waals surface area contributed by atoms with Crippen molar-refractivity contribution in [3.8, 4) is 5.75 Å². The Labute approximate surface area is 170 Å². The molecular weight excluding hydrogens is 459 g/mol. The molecule has 0 saturated carbocycles. The van der Waals surface area contributed by atoms with Crippen molar-refractivity contribution >= 4 is 52.2 Å². The van der Waals surface area contributed by atoms with Crippen LogP contribution in [0.3, 0.4) is 0 Å². The molecule has 138 valence electrons. The molecule has 4 amide bonds. The maximum atomic E-state index is 12.9. The second-order valence-corrected chi connectivity index (χ2v) is 7.28. The first-order chi connectivity index (χ1) is 12.8. The van der Waals surface area contributed by atoms with Gasteiger partial charge in [0.05, 0.1) is 16.4 Å². The van der Waals surface area contributed by atoms with Gasteiger partial charge in [0.2, 0.25) is 0 Å². The summed E-state index contributed by atoms with van der Waals surface area (Å²) in [5.74, 6) is -0.669. The van der Waals surface area contributed by atoms with Gasteiger partial charge in [-0.05, 0) is 83.5 Å². The number of rotatable bonds is 3. The van der Waals surface area contributed by atoms with E-state index < -0.39 is 17.8 Å². The fraction of sp³-hybridized carbons (Fsp3) is 0.150. The molecule has 3 rings (SSSR count). The molecule has 0 unspecified atom stereocenters. The lowest BCUT2D eigenvalue weighted by Crippen LogP contribution is -2.54. The topological polar surface area (TPSA) is 75.7 Å². The van der Waals surface area contributed by atoms with Crippen LogP contribution < -0.4 is 15.0 Å². The van der Waals surface area contributed by atoms with E-state index in [-0.39, 0.29) is 5.57 Å². The van der Waals surface area contributed by atoms with Gasteiger partial charge in [-0.3, -0.25) is 14.9 Å². The van der Waals surface area contributed by atoms with Crippen LogP contribution in [0.25, 0.3) is 6.08 Å². The first kappa shape index (κ1) is 19.1. The molecule has 1 aliphatic heterocycles. The minimum absolute atomic E-state index is 0.103. The van der Waals surface area contributed by atoms with Crippen molar-refractivity contribution in [2.24, 2.45) is 0 Å². The van der Waals surface area contributed by atoms with Crippen molar-refractivity contribution in [3.63, 3.8) is 0 Å². The Kier molecular flexibility index (Phi) is 5.31. The minimum Gasteiger partial charge on any atom is -0.496 e. The Hall–Kier alpha value is -2.68. The number of hydrogen-bond acceptors (Lipinski definition) is 4. The number of hydrogen-bond donors (Lipinski definition) is 1. The number of methoxy groups -OCH3 is 1. The highest BCUT2D eigenvalue weighted by Crippen LogP contribution is 2.26. The predicted octanol–water partition coefficient (Wildman–Crippen LogP) is 3.58. The minimum atomic E-state index is -0.755. The van der Waals surface area contributed by atoms with Crippen molar-refractivity contribution in [2.75, 3.05) is 12.0 Å². The summed E-state index contributed by atoms with van der Waals surface area (Å²) in [4.78, 5) is 38.4. The molecule has 0 bridgehead atoms. The number of halogens is 1. The molecule has 2 aromatic rings. The molecule has 1 heterocycles. The predicted molar refractivity (Wildman–Crippen MR) is 111 cm³/mol. The normalized spacial score (nSPS) is 15.9. The van der Waals surface area contributed by atoms with Gasteiger partial charge in [0.25, 0.3) is 11.8 Å². The van der Waals surface area contributed by atoms with Crippen LogP contribution in [0.5, 0.6) is 5.75 Å². The van der Waals surface area contributed by atoms with Gasteiger partial charge >= 0.3 is 6.03 Å². The summed E-state index contributed by atoms with van der Waals surface area (Å²) in [7, 11) is 1.57. The van der Waals surface area contributed by atoms with Crippen molar-refractivity contribution in [1.29, 1.82) is 0 Å². The molecule has 6 nitrogen and oxygen atoms in total. The van der Waals surface area contributed by atoms with Crippen LogP contribution in [0.4, 0.5) is 10.5 Å². The number of carbonyl (C=O) groups is 3. The van der Waals surface area contributed by atoms with E-state index in [4.69, 9.17) is 4.74 Å². The van der Waals surface area contributed by atoms with E-state index in [1.807, 2.05) is 19.9 Å². The number of anilines is 1. The Morgan fingerprint density at radius 3 is 2.41 bits per heavy atom. The lowest BCUT2D eigenvalue weighted by Gasteiger charge is -2.26. The van der Waals surface area contributed by atoms with Gasteiger partial charge in [0.15, 0.2) is 0 Å². The Bertz CT molecular complexity index is 997. The van der Waals surface area contributed by atoms with Gasteiger partial charge in [-0.1, -0.05) is 12.1 Å². The lowest BCUT2D eigenvalue weighted by molar-refractivity contribution is -0.122. The van der Waals surface area contributed by atoms with E-state index >= 15 is 0 Å². The largest absolute Gasteiger partial charge is 0.496 e. The standard InChI is InChI=1S/C20H17IN2O4/c1-11-4-6-14(8-12(11)2)23-19(25)15(18(24)22-20(23)26)9-13-5-7-17(27-3)16(21)10-13/h4-10H,1-3H3,(H,22,24,26). The molecule has 1 aliphatic rings. The second kappa shape index (κ2) is 7.51. The number of barbiturate groups is 1. The van der Waals surface area contributed by atoms with Crippen LogP contribution in [0.2, 0.25) is 0 Å². The Morgan fingerprint density at radius 1 is 1.04 bits per heavy atom. The molecule has 0 spiro atoms. The number of benzene rings is 2. The second-order valence-electron chi connectivity index (χ2n) is 6.12. The zero-order chi connectivity index (χ0) is 19.7. The van der Waals surface area contributed by atoms with E-state index in [0.29, 0.717) is 17.0 Å². The first-order valence-electron chi connectivity index (χ1n) is 8.14. The molecule has 0 atom stereocenters. The Balaban J connectivity index is 2.01. The summed E-state index contributed by atoms with van der Waals surface area (Å²) >= 11 is 2.11. The lowest BCUT2D eigenvalue weighted by atomic mass is 10.1. The van der Waals surface area contributed by atoms with Gasteiger partial charge in [0, 0.05) is 0 Å². The quantitative estimate of drug-likeness (QED) is 0.418. The number of amides is 4. The van der Waals surface area contributed by atoms with E-state index in [1.165, 1.54) is 6.08 Å². The van der Waals surface area contributed by atoms with E-state index in [2.05, 4.69) is 27.9 Å². The number of carbonyl (C=O) groups excluding carboxylic acids is 3. The fourth-order valence-electron chi connectivity index (χ4n) is 2.70. The van der Waals surface area contributed by atoms with E-state index in [9.17, 15) is 14.4 Å². The summed E-state index contributed by atoms with van der Waals surface area (Å²) in [5.41, 5.74) is 2.97. The van der Waals surface area contributed by atoms with Gasteiger partial charge < -0.3 is 4.74 Å². The van der Waals surface area contributed by atoms with Crippen LogP contribution in [0, 0.1) is 17.4 Å². The number of ether oxygens (including phenoxy) is 1. The number of urea groups is 1. The third-order valence-electron chi connectivity index (χ3n) is 4.34. The van der Waals surface area contributed by atoms with Crippen molar-refractivity contribution in [3.05, 3.63) is 62.2 Å². The monoisotopic (exact) mass is 476 g/mol. The zero-order valence-electron chi connectivity index (χ0n) is 15.0. The molecule has 27 heavy (non-hydrogen) atoms. The summed E-state index contributed by atoms with van der Waals surface area (Å²) in [6.07, 6.45) is 1.47. The first-order valence-corrected chi connectivity index (χ1v) is 9.22. The maximum Gasteiger partial charge on any atom is 0.335 e. The molecule has 1 saturated heterocycles. The molecular formula is C20H17IN2O4. The van der Waals surface area contributed by atoms with Gasteiger partial charge in [-0.2, -0.15) is 0 Å². The average Bonchev–Trinajstić information content (AvgIpc) is 2.61. The smallest absolute Gasteiger partial charge is 0.335 e. The van der Waals surface area contributed by atoms with Crippen LogP contribution in [-0.4, -0.2) is 25.0 Å². The van der Waals surface area contributed by atoms with Crippen molar-refractivity contribution in [2.45, 2.75) is 13.8 Å². The van der Waals surface area contributed by atoms with Crippen LogP contribution in [0.1, 0.15) is 16.7 Å². The van der Waals surface area contributed by atoms with Gasteiger partial charge in [-0.25, -0.2) is 9.69 Å². The number of aryl methyl sites for hydroxylation is 2. The molecule has 0 aliphatic carbocycles. The highest BCUT2D eigenvalue weighted by atomic mass is 127. The summed E-state index contributed by atoms with van der Waals surface area (Å²) < 4.78 is 6.06. The summed E-state index contributed by atoms with van der Waals surface area (Å²) in [6, 6.07) is 9.80. The highest BCUT2D eigenvalue weighted by Gasteiger charge is 2.36. The van der Waals surface area contributed by atoms with Crippen LogP contribution in [0.15, 0.2) is 42.0 Å². The van der Waals surface area contributed by atoms with Crippen LogP contribution in [-0.2, 0) is 9.59 Å². The fourth-order valence-corrected chi connectivity index (χ4v) is 3.46. The molecule has 0 radical (unpaired) electrons. The SMILES string of the molecule is COc1ccc(C=C2C(=O)NC(=O)N(c3ccc(C)c(C)c3)C2=O)cc1I. The molecule has 7 heteroatoms.